The Morgan fingerprint density at radius 3 is 2.60 bits per heavy atom. The molecule has 7 heteroatoms. The molecule has 3 aromatic rings. The number of hydrogen-bond donors (Lipinski definition) is 0. The Morgan fingerprint density at radius 2 is 1.85 bits per heavy atom. The summed E-state index contributed by atoms with van der Waals surface area (Å²) in [6.07, 6.45) is 3.56. The molecular formula is C13H10ClN5O. The molecular weight excluding hydrogens is 278 g/mol. The summed E-state index contributed by atoms with van der Waals surface area (Å²) in [5, 5.41) is 4.29. The summed E-state index contributed by atoms with van der Waals surface area (Å²) in [5.74, 6) is 0.309. The van der Waals surface area contributed by atoms with Crippen LogP contribution in [-0.4, -0.2) is 31.8 Å². The van der Waals surface area contributed by atoms with Crippen molar-refractivity contribution in [3.63, 3.8) is 0 Å². The Morgan fingerprint density at radius 1 is 1.05 bits per heavy atom. The minimum Gasteiger partial charge on any atom is -0.467 e. The van der Waals surface area contributed by atoms with Gasteiger partial charge < -0.3 is 4.74 Å². The van der Waals surface area contributed by atoms with Crippen LogP contribution < -0.4 is 4.74 Å². The Bertz CT molecular complexity index is 729. The maximum Gasteiger partial charge on any atom is 0.322 e. The van der Waals surface area contributed by atoms with Gasteiger partial charge in [-0.05, 0) is 17.2 Å². The van der Waals surface area contributed by atoms with Crippen LogP contribution >= 0.6 is 11.6 Å². The van der Waals surface area contributed by atoms with Crippen LogP contribution in [0, 0.1) is 0 Å². The molecule has 0 spiro atoms. The highest BCUT2D eigenvalue weighted by Gasteiger charge is 2.09. The van der Waals surface area contributed by atoms with Crippen molar-refractivity contribution in [1.29, 1.82) is 0 Å². The average molecular weight is 288 g/mol. The van der Waals surface area contributed by atoms with Gasteiger partial charge in [-0.3, -0.25) is 0 Å². The van der Waals surface area contributed by atoms with E-state index in [1.807, 2.05) is 36.5 Å². The molecule has 0 amide bonds. The van der Waals surface area contributed by atoms with Crippen molar-refractivity contribution in [2.45, 2.75) is 0 Å². The van der Waals surface area contributed by atoms with E-state index in [0.717, 1.165) is 11.1 Å². The lowest BCUT2D eigenvalue weighted by atomic mass is 10.1. The summed E-state index contributed by atoms with van der Waals surface area (Å²) in [7, 11) is 1.47. The van der Waals surface area contributed by atoms with Crippen LogP contribution in [0.15, 0.2) is 42.7 Å². The zero-order chi connectivity index (χ0) is 13.9. The SMILES string of the molecule is COc1nc(Cl)nc(-n2cc(-c3ccccc3)cn2)n1. The van der Waals surface area contributed by atoms with E-state index in [4.69, 9.17) is 16.3 Å². The third-order valence-corrected chi connectivity index (χ3v) is 2.82. The molecule has 0 atom stereocenters. The van der Waals surface area contributed by atoms with Crippen LogP contribution in [0.1, 0.15) is 0 Å². The summed E-state index contributed by atoms with van der Waals surface area (Å²) in [6.45, 7) is 0. The highest BCUT2D eigenvalue weighted by Crippen LogP contribution is 2.19. The normalized spacial score (nSPS) is 10.5. The Balaban J connectivity index is 2.00. The molecule has 0 aliphatic heterocycles. The predicted molar refractivity (Wildman–Crippen MR) is 73.9 cm³/mol. The third-order valence-electron chi connectivity index (χ3n) is 2.65. The molecule has 2 aromatic heterocycles. The number of rotatable bonds is 3. The quantitative estimate of drug-likeness (QED) is 0.740. The summed E-state index contributed by atoms with van der Waals surface area (Å²) < 4.78 is 6.49. The molecule has 20 heavy (non-hydrogen) atoms. The molecule has 1 aromatic carbocycles. The molecule has 0 bridgehead atoms. The Hall–Kier alpha value is -2.47. The number of methoxy groups -OCH3 is 1. The van der Waals surface area contributed by atoms with Gasteiger partial charge >= 0.3 is 6.01 Å². The second-order valence-corrected chi connectivity index (χ2v) is 4.27. The molecule has 6 nitrogen and oxygen atoms in total. The highest BCUT2D eigenvalue weighted by molar-refractivity contribution is 6.28. The average Bonchev–Trinajstić information content (AvgIpc) is 2.97. The monoisotopic (exact) mass is 287 g/mol. The third kappa shape index (κ3) is 2.46. The van der Waals surface area contributed by atoms with Gasteiger partial charge in [-0.1, -0.05) is 30.3 Å². The fraction of sp³-hybridized carbons (Fsp3) is 0.0769. The van der Waals surface area contributed by atoms with Gasteiger partial charge in [0.05, 0.1) is 13.3 Å². The molecule has 0 radical (unpaired) electrons. The topological polar surface area (TPSA) is 65.7 Å². The molecule has 0 saturated carbocycles. The van der Waals surface area contributed by atoms with Crippen molar-refractivity contribution < 1.29 is 4.74 Å². The summed E-state index contributed by atoms with van der Waals surface area (Å²) in [4.78, 5) is 11.9. The molecule has 0 unspecified atom stereocenters. The lowest BCUT2D eigenvalue weighted by Gasteiger charge is -2.02. The number of halogens is 1. The minimum absolute atomic E-state index is 0.0589. The van der Waals surface area contributed by atoms with Crippen molar-refractivity contribution >= 4 is 11.6 Å². The van der Waals surface area contributed by atoms with Gasteiger partial charge in [0.15, 0.2) is 0 Å². The number of nitrogens with zero attached hydrogens (tertiary/aromatic N) is 5. The van der Waals surface area contributed by atoms with Gasteiger partial charge in [0.25, 0.3) is 5.95 Å². The van der Waals surface area contributed by atoms with Crippen LogP contribution in [-0.2, 0) is 0 Å². The molecule has 0 aliphatic rings. The first-order chi connectivity index (χ1) is 9.76. The molecule has 0 fully saturated rings. The standard InChI is InChI=1S/C13H10ClN5O/c1-20-13-17-11(14)16-12(18-13)19-8-10(7-15-19)9-5-3-2-4-6-9/h2-8H,1H3. The molecule has 2 heterocycles. The van der Waals surface area contributed by atoms with Crippen molar-refractivity contribution in [1.82, 2.24) is 24.7 Å². The molecule has 0 N–H and O–H groups in total. The van der Waals surface area contributed by atoms with Crippen molar-refractivity contribution in [3.05, 3.63) is 48.0 Å². The first-order valence-electron chi connectivity index (χ1n) is 5.82. The molecule has 3 rings (SSSR count). The number of benzene rings is 1. The van der Waals surface area contributed by atoms with Gasteiger partial charge in [0.2, 0.25) is 5.28 Å². The van der Waals surface area contributed by atoms with Crippen LogP contribution in [0.5, 0.6) is 6.01 Å². The minimum atomic E-state index is 0.0589. The maximum atomic E-state index is 5.82. The van der Waals surface area contributed by atoms with Gasteiger partial charge in [-0.15, -0.1) is 0 Å². The molecule has 100 valence electrons. The van der Waals surface area contributed by atoms with Crippen LogP contribution in [0.4, 0.5) is 0 Å². The van der Waals surface area contributed by atoms with E-state index in [1.165, 1.54) is 11.8 Å². The van der Waals surface area contributed by atoms with Gasteiger partial charge in [0.1, 0.15) is 0 Å². The van der Waals surface area contributed by atoms with Crippen LogP contribution in [0.3, 0.4) is 0 Å². The first-order valence-corrected chi connectivity index (χ1v) is 6.20. The van der Waals surface area contributed by atoms with E-state index in [1.54, 1.807) is 6.20 Å². The van der Waals surface area contributed by atoms with E-state index in [2.05, 4.69) is 20.1 Å². The van der Waals surface area contributed by atoms with Crippen molar-refractivity contribution in [3.8, 4) is 23.1 Å². The van der Waals surface area contributed by atoms with Crippen LogP contribution in [0.25, 0.3) is 17.1 Å². The number of hydrogen-bond acceptors (Lipinski definition) is 5. The van der Waals surface area contributed by atoms with Crippen LogP contribution in [0.2, 0.25) is 5.28 Å². The van der Waals surface area contributed by atoms with E-state index in [0.29, 0.717) is 5.95 Å². The lowest BCUT2D eigenvalue weighted by molar-refractivity contribution is 0.376. The van der Waals surface area contributed by atoms with E-state index >= 15 is 0 Å². The second-order valence-electron chi connectivity index (χ2n) is 3.93. The zero-order valence-corrected chi connectivity index (χ0v) is 11.3. The number of ether oxygens (including phenoxy) is 1. The Kier molecular flexibility index (Phi) is 3.30. The first kappa shape index (κ1) is 12.6. The molecule has 0 aliphatic carbocycles. The summed E-state index contributed by atoms with van der Waals surface area (Å²) in [6, 6.07) is 10.1. The van der Waals surface area contributed by atoms with Gasteiger partial charge in [0, 0.05) is 11.8 Å². The largest absolute Gasteiger partial charge is 0.467 e. The summed E-state index contributed by atoms with van der Waals surface area (Å²) in [5.41, 5.74) is 2.02. The zero-order valence-electron chi connectivity index (χ0n) is 10.6. The van der Waals surface area contributed by atoms with E-state index in [9.17, 15) is 0 Å². The van der Waals surface area contributed by atoms with Gasteiger partial charge in [-0.25, -0.2) is 4.68 Å². The van der Waals surface area contributed by atoms with Gasteiger partial charge in [-0.2, -0.15) is 20.1 Å². The fourth-order valence-electron chi connectivity index (χ4n) is 1.73. The summed E-state index contributed by atoms with van der Waals surface area (Å²) >= 11 is 5.82. The lowest BCUT2D eigenvalue weighted by Crippen LogP contribution is -2.05. The smallest absolute Gasteiger partial charge is 0.322 e. The highest BCUT2D eigenvalue weighted by atomic mass is 35.5. The van der Waals surface area contributed by atoms with Crippen molar-refractivity contribution in [2.75, 3.05) is 7.11 Å². The second kappa shape index (κ2) is 5.26. The van der Waals surface area contributed by atoms with Crippen molar-refractivity contribution in [2.24, 2.45) is 0 Å². The Labute approximate surface area is 120 Å². The maximum absolute atomic E-state index is 5.82. The fourth-order valence-corrected chi connectivity index (χ4v) is 1.88. The van der Waals surface area contributed by atoms with E-state index in [-0.39, 0.29) is 11.3 Å². The van der Waals surface area contributed by atoms with E-state index < -0.39 is 0 Å². The molecule has 0 saturated heterocycles. The predicted octanol–water partition coefficient (Wildman–Crippen LogP) is 2.39. The number of aromatic nitrogens is 5.